The van der Waals surface area contributed by atoms with Crippen LogP contribution < -0.4 is 10.2 Å². The van der Waals surface area contributed by atoms with Crippen molar-refractivity contribution in [3.63, 3.8) is 0 Å². The third kappa shape index (κ3) is 5.91. The molecule has 1 aromatic heterocycles. The molecule has 0 aliphatic carbocycles. The van der Waals surface area contributed by atoms with Gasteiger partial charge in [0.05, 0.1) is 25.8 Å². The first kappa shape index (κ1) is 24.1. The van der Waals surface area contributed by atoms with Crippen molar-refractivity contribution in [3.8, 4) is 5.75 Å². The summed E-state index contributed by atoms with van der Waals surface area (Å²) in [7, 11) is 0. The minimum Gasteiger partial charge on any atom is -0.486 e. The SMILES string of the molecule is O=C(N/N=C/c1cc(Cl)c(OCc2ccc(Cl)c(Cl)c2)c(Br)c1)c1cc2cc(Br)ccc2o1. The average molecular weight is 632 g/mol. The fraction of sp³-hybridized carbons (Fsp3) is 0.0435. The van der Waals surface area contributed by atoms with Gasteiger partial charge >= 0.3 is 5.91 Å². The molecular weight excluding hydrogens is 618 g/mol. The van der Waals surface area contributed by atoms with Crippen LogP contribution in [0.1, 0.15) is 21.7 Å². The first-order valence-corrected chi connectivity index (χ1v) is 12.1. The second-order valence-corrected chi connectivity index (χ2v) is 9.83. The summed E-state index contributed by atoms with van der Waals surface area (Å²) in [4.78, 5) is 12.3. The molecule has 0 bridgehead atoms. The van der Waals surface area contributed by atoms with Crippen molar-refractivity contribution < 1.29 is 13.9 Å². The summed E-state index contributed by atoms with van der Waals surface area (Å²) in [5.74, 6) is 0.160. The van der Waals surface area contributed by atoms with E-state index in [1.165, 1.54) is 6.21 Å². The zero-order chi connectivity index (χ0) is 23.5. The van der Waals surface area contributed by atoms with Crippen molar-refractivity contribution in [1.29, 1.82) is 0 Å². The molecule has 10 heteroatoms. The molecule has 3 aromatic carbocycles. The first-order chi connectivity index (χ1) is 15.8. The summed E-state index contributed by atoms with van der Waals surface area (Å²) >= 11 is 25.2. The van der Waals surface area contributed by atoms with Gasteiger partial charge in [0.15, 0.2) is 11.5 Å². The molecule has 33 heavy (non-hydrogen) atoms. The number of nitrogens with zero attached hydrogens (tertiary/aromatic N) is 1. The lowest BCUT2D eigenvalue weighted by Gasteiger charge is -2.11. The molecule has 1 heterocycles. The van der Waals surface area contributed by atoms with E-state index in [4.69, 9.17) is 44.0 Å². The lowest BCUT2D eigenvalue weighted by atomic mass is 10.2. The molecule has 0 fully saturated rings. The third-order valence-corrected chi connectivity index (χ3v) is 6.57. The number of carbonyl (C=O) groups is 1. The van der Waals surface area contributed by atoms with E-state index in [-0.39, 0.29) is 12.4 Å². The van der Waals surface area contributed by atoms with Gasteiger partial charge < -0.3 is 9.15 Å². The first-order valence-electron chi connectivity index (χ1n) is 9.38. The highest BCUT2D eigenvalue weighted by atomic mass is 79.9. The number of nitrogens with one attached hydrogen (secondary N) is 1. The summed E-state index contributed by atoms with van der Waals surface area (Å²) in [6.45, 7) is 0.257. The smallest absolute Gasteiger partial charge is 0.307 e. The number of carbonyl (C=O) groups excluding carboxylic acids is 1. The van der Waals surface area contributed by atoms with Gasteiger partial charge in [0.2, 0.25) is 0 Å². The molecule has 4 aromatic rings. The van der Waals surface area contributed by atoms with Gasteiger partial charge in [0.25, 0.3) is 0 Å². The Morgan fingerprint density at radius 3 is 2.58 bits per heavy atom. The van der Waals surface area contributed by atoms with Crippen LogP contribution >= 0.6 is 66.7 Å². The summed E-state index contributed by atoms with van der Waals surface area (Å²) in [6.07, 6.45) is 1.47. The fourth-order valence-corrected chi connectivity index (χ4v) is 4.61. The number of furan rings is 1. The van der Waals surface area contributed by atoms with Gasteiger partial charge in [0, 0.05) is 9.86 Å². The zero-order valence-corrected chi connectivity index (χ0v) is 22.0. The number of hydrogen-bond acceptors (Lipinski definition) is 4. The lowest BCUT2D eigenvalue weighted by Crippen LogP contribution is -2.16. The number of hydrazone groups is 1. The maximum absolute atomic E-state index is 12.3. The molecule has 5 nitrogen and oxygen atoms in total. The molecule has 0 radical (unpaired) electrons. The van der Waals surface area contributed by atoms with Gasteiger partial charge in [-0.1, -0.05) is 56.8 Å². The van der Waals surface area contributed by atoms with Gasteiger partial charge in [-0.2, -0.15) is 5.10 Å². The predicted octanol–water partition coefficient (Wildman–Crippen LogP) is 8.26. The van der Waals surface area contributed by atoms with Crippen LogP contribution in [0, 0.1) is 0 Å². The van der Waals surface area contributed by atoms with Crippen LogP contribution in [0.25, 0.3) is 11.0 Å². The van der Waals surface area contributed by atoms with Crippen molar-refractivity contribution in [2.45, 2.75) is 6.61 Å². The van der Waals surface area contributed by atoms with E-state index in [0.29, 0.717) is 36.4 Å². The van der Waals surface area contributed by atoms with E-state index in [0.717, 1.165) is 15.4 Å². The summed E-state index contributed by atoms with van der Waals surface area (Å²) in [6, 6.07) is 15.8. The van der Waals surface area contributed by atoms with E-state index in [9.17, 15) is 4.79 Å². The van der Waals surface area contributed by atoms with Crippen LogP contribution in [0.5, 0.6) is 5.75 Å². The molecule has 1 N–H and O–H groups in total. The van der Waals surface area contributed by atoms with Crippen molar-refractivity contribution in [2.75, 3.05) is 0 Å². The minimum absolute atomic E-state index is 0.158. The Bertz CT molecular complexity index is 1370. The largest absolute Gasteiger partial charge is 0.486 e. The van der Waals surface area contributed by atoms with Gasteiger partial charge in [-0.25, -0.2) is 5.43 Å². The molecule has 1 amide bonds. The molecule has 0 saturated heterocycles. The van der Waals surface area contributed by atoms with Crippen LogP contribution in [0.2, 0.25) is 15.1 Å². The molecule has 0 aliphatic heterocycles. The Hall–Kier alpha value is -2.03. The highest BCUT2D eigenvalue weighted by Crippen LogP contribution is 2.35. The molecule has 0 unspecified atom stereocenters. The van der Waals surface area contributed by atoms with Gasteiger partial charge in [-0.15, -0.1) is 0 Å². The summed E-state index contributed by atoms with van der Waals surface area (Å²) < 4.78 is 12.9. The summed E-state index contributed by atoms with van der Waals surface area (Å²) in [5, 5.41) is 6.10. The maximum Gasteiger partial charge on any atom is 0.307 e. The average Bonchev–Trinajstić information content (AvgIpc) is 3.19. The maximum atomic E-state index is 12.3. The highest BCUT2D eigenvalue weighted by molar-refractivity contribution is 9.10. The Labute approximate surface area is 220 Å². The molecule has 0 saturated carbocycles. The van der Waals surface area contributed by atoms with Crippen molar-refractivity contribution >= 4 is 89.8 Å². The zero-order valence-electron chi connectivity index (χ0n) is 16.5. The molecule has 0 atom stereocenters. The number of rotatable bonds is 6. The van der Waals surface area contributed by atoms with E-state index in [1.54, 1.807) is 36.4 Å². The number of amides is 1. The topological polar surface area (TPSA) is 63.8 Å². The van der Waals surface area contributed by atoms with Crippen LogP contribution in [-0.4, -0.2) is 12.1 Å². The second-order valence-electron chi connectivity index (χ2n) is 6.84. The quantitative estimate of drug-likeness (QED) is 0.172. The molecule has 0 aliphatic rings. The number of fused-ring (bicyclic) bond motifs is 1. The summed E-state index contributed by atoms with van der Waals surface area (Å²) in [5.41, 5.74) is 4.56. The Kier molecular flexibility index (Phi) is 7.66. The lowest BCUT2D eigenvalue weighted by molar-refractivity contribution is 0.0929. The van der Waals surface area contributed by atoms with Crippen molar-refractivity contribution in [2.24, 2.45) is 5.10 Å². The van der Waals surface area contributed by atoms with Gasteiger partial charge in [-0.3, -0.25) is 4.79 Å². The Morgan fingerprint density at radius 2 is 1.82 bits per heavy atom. The van der Waals surface area contributed by atoms with Crippen LogP contribution in [0.3, 0.4) is 0 Å². The fourth-order valence-electron chi connectivity index (χ4n) is 2.92. The normalized spacial score (nSPS) is 11.3. The third-order valence-electron chi connectivity index (χ3n) is 4.47. The highest BCUT2D eigenvalue weighted by Gasteiger charge is 2.13. The number of halogens is 5. The van der Waals surface area contributed by atoms with E-state index >= 15 is 0 Å². The van der Waals surface area contributed by atoms with E-state index in [2.05, 4.69) is 42.4 Å². The second kappa shape index (κ2) is 10.5. The molecule has 168 valence electrons. The van der Waals surface area contributed by atoms with Gasteiger partial charge in [0.1, 0.15) is 12.2 Å². The number of hydrogen-bond donors (Lipinski definition) is 1. The van der Waals surface area contributed by atoms with Crippen LogP contribution in [0.4, 0.5) is 0 Å². The van der Waals surface area contributed by atoms with Crippen LogP contribution in [0.15, 0.2) is 73.1 Å². The number of ether oxygens (including phenoxy) is 1. The standard InChI is InChI=1S/C23H13Br2Cl3N2O3/c24-15-2-4-20-14(8-15)9-21(33-20)23(31)30-29-10-13-5-16(25)22(19(28)7-13)32-11-12-1-3-17(26)18(27)6-12/h1-10H,11H2,(H,30,31)/b29-10+. The Balaban J connectivity index is 1.41. The number of benzene rings is 3. The molecular formula is C23H13Br2Cl3N2O3. The molecule has 4 rings (SSSR count). The monoisotopic (exact) mass is 628 g/mol. The van der Waals surface area contributed by atoms with Crippen molar-refractivity contribution in [3.05, 3.63) is 95.5 Å². The minimum atomic E-state index is -0.467. The Morgan fingerprint density at radius 1 is 1.00 bits per heavy atom. The van der Waals surface area contributed by atoms with E-state index < -0.39 is 5.91 Å². The van der Waals surface area contributed by atoms with E-state index in [1.807, 2.05) is 18.2 Å². The van der Waals surface area contributed by atoms with Gasteiger partial charge in [-0.05, 0) is 75.6 Å². The molecule has 0 spiro atoms. The van der Waals surface area contributed by atoms with Crippen molar-refractivity contribution in [1.82, 2.24) is 5.43 Å². The van der Waals surface area contributed by atoms with Crippen LogP contribution in [-0.2, 0) is 6.61 Å². The predicted molar refractivity (Wildman–Crippen MR) is 139 cm³/mol.